The van der Waals surface area contributed by atoms with Crippen LogP contribution in [0.4, 0.5) is 0 Å². The number of piperidine rings is 1. The van der Waals surface area contributed by atoms with Crippen LogP contribution in [0.2, 0.25) is 0 Å². The van der Waals surface area contributed by atoms with Gasteiger partial charge in [-0.2, -0.15) is 0 Å². The van der Waals surface area contributed by atoms with Gasteiger partial charge < -0.3 is 4.90 Å². The van der Waals surface area contributed by atoms with Crippen molar-refractivity contribution in [3.8, 4) is 11.3 Å². The summed E-state index contributed by atoms with van der Waals surface area (Å²) in [6.45, 7) is 3.73. The minimum Gasteiger partial charge on any atom is -0.337 e. The summed E-state index contributed by atoms with van der Waals surface area (Å²) < 4.78 is 1.96. The average molecular weight is 416 g/mol. The van der Waals surface area contributed by atoms with E-state index in [0.717, 1.165) is 54.3 Å². The van der Waals surface area contributed by atoms with Gasteiger partial charge in [-0.1, -0.05) is 60.2 Å². The van der Waals surface area contributed by atoms with Gasteiger partial charge in [-0.15, -0.1) is 11.3 Å². The van der Waals surface area contributed by atoms with E-state index in [1.165, 1.54) is 22.5 Å². The van der Waals surface area contributed by atoms with Gasteiger partial charge in [0.25, 0.3) is 5.91 Å². The predicted molar refractivity (Wildman–Crippen MR) is 122 cm³/mol. The zero-order chi connectivity index (χ0) is 20.5. The van der Waals surface area contributed by atoms with E-state index in [0.29, 0.717) is 5.92 Å². The maximum Gasteiger partial charge on any atom is 0.271 e. The summed E-state index contributed by atoms with van der Waals surface area (Å²) in [7, 11) is 0. The average Bonchev–Trinajstić information content (AvgIpc) is 3.36. The van der Waals surface area contributed by atoms with Crippen LogP contribution < -0.4 is 0 Å². The second-order valence-corrected chi connectivity index (χ2v) is 9.03. The molecule has 5 rings (SSSR count). The second-order valence-electron chi connectivity index (χ2n) is 8.19. The summed E-state index contributed by atoms with van der Waals surface area (Å²) in [5.74, 6) is 0.771. The Morgan fingerprint density at radius 3 is 2.53 bits per heavy atom. The summed E-state index contributed by atoms with van der Waals surface area (Å²) in [5, 5.41) is 1.94. The Balaban J connectivity index is 1.29. The highest BCUT2D eigenvalue weighted by Gasteiger charge is 2.26. The Morgan fingerprint density at radius 2 is 1.80 bits per heavy atom. The van der Waals surface area contributed by atoms with Crippen LogP contribution in [0.1, 0.15) is 34.5 Å². The number of rotatable bonds is 4. The minimum absolute atomic E-state index is 0.118. The Hall–Kier alpha value is -2.92. The van der Waals surface area contributed by atoms with E-state index < -0.39 is 0 Å². The lowest BCUT2D eigenvalue weighted by Crippen LogP contribution is -2.39. The fraction of sp³-hybridized carbons (Fsp3) is 0.280. The first-order valence-corrected chi connectivity index (χ1v) is 11.4. The fourth-order valence-electron chi connectivity index (χ4n) is 4.25. The highest BCUT2D eigenvalue weighted by molar-refractivity contribution is 7.15. The number of imidazole rings is 1. The molecule has 0 N–H and O–H groups in total. The molecule has 1 aliphatic heterocycles. The van der Waals surface area contributed by atoms with Crippen LogP contribution in [0.25, 0.3) is 16.2 Å². The van der Waals surface area contributed by atoms with Crippen molar-refractivity contribution in [3.63, 3.8) is 0 Å². The van der Waals surface area contributed by atoms with Crippen molar-refractivity contribution in [1.82, 2.24) is 14.3 Å². The molecule has 0 bridgehead atoms. The SMILES string of the molecule is Cc1ccc(-c2cn3c(C(=O)N4CCC(Cc5ccccc5)CC4)csc3n2)cc1. The molecule has 2 aromatic carbocycles. The molecular weight excluding hydrogens is 390 g/mol. The van der Waals surface area contributed by atoms with Crippen LogP contribution in [0.5, 0.6) is 0 Å². The number of aromatic nitrogens is 2. The van der Waals surface area contributed by atoms with Crippen LogP contribution in [0.3, 0.4) is 0 Å². The largest absolute Gasteiger partial charge is 0.337 e. The molecule has 5 heteroatoms. The first kappa shape index (κ1) is 19.1. The van der Waals surface area contributed by atoms with Crippen molar-refractivity contribution in [2.24, 2.45) is 5.92 Å². The normalized spacial score (nSPS) is 15.0. The van der Waals surface area contributed by atoms with Gasteiger partial charge in [0.15, 0.2) is 4.96 Å². The molecule has 2 aromatic heterocycles. The number of amides is 1. The zero-order valence-electron chi connectivity index (χ0n) is 17.1. The summed E-state index contributed by atoms with van der Waals surface area (Å²) in [6, 6.07) is 19.0. The maximum absolute atomic E-state index is 13.2. The van der Waals surface area contributed by atoms with Crippen molar-refractivity contribution >= 4 is 22.2 Å². The predicted octanol–water partition coefficient (Wildman–Crippen LogP) is 5.47. The van der Waals surface area contributed by atoms with Gasteiger partial charge in [-0.05, 0) is 37.7 Å². The molecule has 1 saturated heterocycles. The van der Waals surface area contributed by atoms with Crippen molar-refractivity contribution in [3.05, 3.63) is 83.0 Å². The van der Waals surface area contributed by atoms with Gasteiger partial charge in [0.05, 0.1) is 5.69 Å². The quantitative estimate of drug-likeness (QED) is 0.443. The number of thiazole rings is 1. The third-order valence-electron chi connectivity index (χ3n) is 6.04. The topological polar surface area (TPSA) is 37.6 Å². The van der Waals surface area contributed by atoms with Crippen molar-refractivity contribution in [2.45, 2.75) is 26.2 Å². The van der Waals surface area contributed by atoms with Crippen LogP contribution in [0.15, 0.2) is 66.2 Å². The number of likely N-dealkylation sites (tertiary alicyclic amines) is 1. The number of aryl methyl sites for hydroxylation is 1. The number of nitrogens with zero attached hydrogens (tertiary/aromatic N) is 3. The summed E-state index contributed by atoms with van der Waals surface area (Å²) in [4.78, 5) is 20.8. The monoisotopic (exact) mass is 415 g/mol. The van der Waals surface area contributed by atoms with Crippen molar-refractivity contribution < 1.29 is 4.79 Å². The first-order chi connectivity index (χ1) is 14.7. The smallest absolute Gasteiger partial charge is 0.271 e. The standard InChI is InChI=1S/C25H25N3OS/c1-18-7-9-21(10-8-18)22-16-28-23(17-30-25(28)26-22)24(29)27-13-11-20(12-14-27)15-19-5-3-2-4-6-19/h2-10,16-17,20H,11-15H2,1H3. The molecule has 0 atom stereocenters. The molecule has 1 fully saturated rings. The van der Waals surface area contributed by atoms with Crippen LogP contribution in [0, 0.1) is 12.8 Å². The number of carbonyl (C=O) groups is 1. The lowest BCUT2D eigenvalue weighted by Gasteiger charge is -2.32. The van der Waals surface area contributed by atoms with E-state index in [1.54, 1.807) is 0 Å². The molecular formula is C25H25N3OS. The summed E-state index contributed by atoms with van der Waals surface area (Å²) in [5.41, 5.74) is 5.34. The van der Waals surface area contributed by atoms with E-state index in [2.05, 4.69) is 61.5 Å². The number of carbonyl (C=O) groups excluding carboxylic acids is 1. The molecule has 1 amide bonds. The van der Waals surface area contributed by atoms with Gasteiger partial charge in [0.2, 0.25) is 0 Å². The lowest BCUT2D eigenvalue weighted by molar-refractivity contribution is 0.0684. The van der Waals surface area contributed by atoms with Gasteiger partial charge in [0.1, 0.15) is 5.69 Å². The summed E-state index contributed by atoms with van der Waals surface area (Å²) >= 11 is 1.53. The number of hydrogen-bond acceptors (Lipinski definition) is 3. The molecule has 3 heterocycles. The Labute approximate surface area is 180 Å². The molecule has 4 nitrogen and oxygen atoms in total. The number of benzene rings is 2. The van der Waals surface area contributed by atoms with Crippen LogP contribution in [-0.4, -0.2) is 33.3 Å². The molecule has 30 heavy (non-hydrogen) atoms. The Bertz CT molecular complexity index is 1150. The molecule has 4 aromatic rings. The van der Waals surface area contributed by atoms with E-state index in [4.69, 9.17) is 4.98 Å². The summed E-state index contributed by atoms with van der Waals surface area (Å²) in [6.07, 6.45) is 5.22. The second kappa shape index (κ2) is 8.07. The third kappa shape index (κ3) is 3.77. The van der Waals surface area contributed by atoms with Crippen molar-refractivity contribution in [2.75, 3.05) is 13.1 Å². The maximum atomic E-state index is 13.2. The van der Waals surface area contributed by atoms with E-state index in [-0.39, 0.29) is 5.91 Å². The molecule has 0 saturated carbocycles. The molecule has 152 valence electrons. The minimum atomic E-state index is 0.118. The van der Waals surface area contributed by atoms with Gasteiger partial charge in [0, 0.05) is 30.2 Å². The van der Waals surface area contributed by atoms with Gasteiger partial charge in [-0.3, -0.25) is 9.20 Å². The highest BCUT2D eigenvalue weighted by atomic mass is 32.1. The van der Waals surface area contributed by atoms with Gasteiger partial charge in [-0.25, -0.2) is 4.98 Å². The lowest BCUT2D eigenvalue weighted by atomic mass is 9.90. The molecule has 0 spiro atoms. The van der Waals surface area contributed by atoms with Crippen molar-refractivity contribution in [1.29, 1.82) is 0 Å². The van der Waals surface area contributed by atoms with E-state index in [9.17, 15) is 4.79 Å². The third-order valence-corrected chi connectivity index (χ3v) is 6.88. The Kier molecular flexibility index (Phi) is 5.13. The first-order valence-electron chi connectivity index (χ1n) is 10.5. The fourth-order valence-corrected chi connectivity index (χ4v) is 5.10. The van der Waals surface area contributed by atoms with Crippen LogP contribution in [-0.2, 0) is 6.42 Å². The molecule has 1 aliphatic rings. The van der Waals surface area contributed by atoms with E-state index in [1.807, 2.05) is 20.9 Å². The Morgan fingerprint density at radius 1 is 1.07 bits per heavy atom. The number of fused-ring (bicyclic) bond motifs is 1. The van der Waals surface area contributed by atoms with Gasteiger partial charge >= 0.3 is 0 Å². The molecule has 0 aliphatic carbocycles. The molecule has 0 radical (unpaired) electrons. The van der Waals surface area contributed by atoms with Crippen LogP contribution >= 0.6 is 11.3 Å². The molecule has 0 unspecified atom stereocenters. The zero-order valence-corrected chi connectivity index (χ0v) is 17.9. The van der Waals surface area contributed by atoms with E-state index >= 15 is 0 Å². The highest BCUT2D eigenvalue weighted by Crippen LogP contribution is 2.27. The number of hydrogen-bond donors (Lipinski definition) is 0.